The first-order chi connectivity index (χ1) is 6.49. The van der Waals surface area contributed by atoms with Gasteiger partial charge < -0.3 is 10.8 Å². The van der Waals surface area contributed by atoms with E-state index in [1.165, 1.54) is 0 Å². The van der Waals surface area contributed by atoms with E-state index >= 15 is 0 Å². The number of aliphatic hydroxyl groups excluding tert-OH is 1. The van der Waals surface area contributed by atoms with Crippen LogP contribution in [0.1, 0.15) is 25.7 Å². The van der Waals surface area contributed by atoms with Crippen LogP contribution < -0.4 is 5.73 Å². The molecular weight excluding hydrogens is 202 g/mol. The van der Waals surface area contributed by atoms with Crippen LogP contribution in [0.15, 0.2) is 0 Å². The summed E-state index contributed by atoms with van der Waals surface area (Å²) in [5, 5.41) is 8.91. The maximum atomic E-state index is 11.9. The minimum atomic E-state index is -2.95. The number of sulfone groups is 1. The summed E-state index contributed by atoms with van der Waals surface area (Å²) in [6.07, 6.45) is 2.40. The van der Waals surface area contributed by atoms with Gasteiger partial charge in [-0.3, -0.25) is 0 Å². The van der Waals surface area contributed by atoms with Gasteiger partial charge in [0.2, 0.25) is 0 Å². The molecule has 1 saturated carbocycles. The largest absolute Gasteiger partial charge is 0.396 e. The summed E-state index contributed by atoms with van der Waals surface area (Å²) in [6.45, 7) is 0.104. The van der Waals surface area contributed by atoms with E-state index in [9.17, 15) is 8.42 Å². The predicted molar refractivity (Wildman–Crippen MR) is 53.5 cm³/mol. The summed E-state index contributed by atoms with van der Waals surface area (Å²) in [5.74, 6) is 0.404. The average molecular weight is 219 g/mol. The smallest absolute Gasteiger partial charge is 0.156 e. The third kappa shape index (κ3) is 1.38. The zero-order valence-electron chi connectivity index (χ0n) is 8.15. The van der Waals surface area contributed by atoms with Crippen LogP contribution in [0.3, 0.4) is 0 Å². The van der Waals surface area contributed by atoms with Crippen molar-refractivity contribution in [2.75, 3.05) is 12.4 Å². The van der Waals surface area contributed by atoms with Crippen molar-refractivity contribution in [1.82, 2.24) is 0 Å². The Morgan fingerprint density at radius 3 is 2.57 bits per heavy atom. The molecule has 2 rings (SSSR count). The van der Waals surface area contributed by atoms with Crippen molar-refractivity contribution in [1.29, 1.82) is 0 Å². The molecule has 4 nitrogen and oxygen atoms in total. The monoisotopic (exact) mass is 219 g/mol. The van der Waals surface area contributed by atoms with E-state index < -0.39 is 14.6 Å². The fourth-order valence-corrected chi connectivity index (χ4v) is 5.27. The summed E-state index contributed by atoms with van der Waals surface area (Å²) in [4.78, 5) is 0. The first-order valence-corrected chi connectivity index (χ1v) is 6.73. The lowest BCUT2D eigenvalue weighted by Crippen LogP contribution is -2.58. The van der Waals surface area contributed by atoms with Gasteiger partial charge in [-0.25, -0.2) is 8.42 Å². The van der Waals surface area contributed by atoms with Crippen LogP contribution in [0.5, 0.6) is 0 Å². The van der Waals surface area contributed by atoms with Crippen LogP contribution in [0.2, 0.25) is 0 Å². The van der Waals surface area contributed by atoms with E-state index in [1.54, 1.807) is 0 Å². The zero-order valence-corrected chi connectivity index (χ0v) is 8.96. The Labute approximate surface area is 84.4 Å². The van der Waals surface area contributed by atoms with Crippen LogP contribution in [-0.2, 0) is 9.84 Å². The number of rotatable bonds is 1. The van der Waals surface area contributed by atoms with E-state index in [4.69, 9.17) is 10.8 Å². The number of hydrogen-bond donors (Lipinski definition) is 2. The molecule has 2 aliphatic rings. The Morgan fingerprint density at radius 2 is 2.00 bits per heavy atom. The molecule has 2 fully saturated rings. The third-order valence-corrected chi connectivity index (χ3v) is 6.22. The lowest BCUT2D eigenvalue weighted by atomic mass is 9.71. The molecular formula is C9H17NO3S. The van der Waals surface area contributed by atoms with E-state index in [1.807, 2.05) is 0 Å². The Bertz CT molecular complexity index is 319. The van der Waals surface area contributed by atoms with Crippen LogP contribution in [0, 0.1) is 5.92 Å². The van der Waals surface area contributed by atoms with E-state index in [-0.39, 0.29) is 24.3 Å². The summed E-state index contributed by atoms with van der Waals surface area (Å²) in [7, 11) is -2.95. The Morgan fingerprint density at radius 1 is 1.36 bits per heavy atom. The Hall–Kier alpha value is -0.130. The highest BCUT2D eigenvalue weighted by molar-refractivity contribution is 7.92. The van der Waals surface area contributed by atoms with Crippen molar-refractivity contribution in [2.45, 2.75) is 36.5 Å². The van der Waals surface area contributed by atoms with Gasteiger partial charge in [-0.1, -0.05) is 0 Å². The summed E-state index contributed by atoms with van der Waals surface area (Å²) in [5.41, 5.74) is 5.80. The zero-order chi connectivity index (χ0) is 10.4. The second-order valence-electron chi connectivity index (χ2n) is 4.71. The van der Waals surface area contributed by atoms with Gasteiger partial charge in [-0.05, 0) is 31.6 Å². The lowest BCUT2D eigenvalue weighted by molar-refractivity contribution is 0.110. The van der Waals surface area contributed by atoms with Gasteiger partial charge in [-0.2, -0.15) is 0 Å². The molecule has 82 valence electrons. The molecule has 5 heteroatoms. The van der Waals surface area contributed by atoms with E-state index in [0.29, 0.717) is 25.7 Å². The van der Waals surface area contributed by atoms with Crippen LogP contribution in [0.4, 0.5) is 0 Å². The second-order valence-corrected chi connectivity index (χ2v) is 7.22. The third-order valence-electron chi connectivity index (χ3n) is 3.63. The Kier molecular flexibility index (Phi) is 2.36. The highest BCUT2D eigenvalue weighted by Crippen LogP contribution is 2.49. The van der Waals surface area contributed by atoms with Crippen LogP contribution in [-0.4, -0.2) is 36.7 Å². The van der Waals surface area contributed by atoms with Crippen molar-refractivity contribution in [3.8, 4) is 0 Å². The van der Waals surface area contributed by atoms with Crippen molar-refractivity contribution in [3.05, 3.63) is 0 Å². The molecule has 1 saturated heterocycles. The molecule has 3 N–H and O–H groups in total. The lowest BCUT2D eigenvalue weighted by Gasteiger charge is -2.49. The summed E-state index contributed by atoms with van der Waals surface area (Å²) >= 11 is 0. The molecule has 0 aromatic carbocycles. The van der Waals surface area contributed by atoms with Crippen LogP contribution >= 0.6 is 0 Å². The summed E-state index contributed by atoms with van der Waals surface area (Å²) in [6, 6.07) is 0.0261. The Balaban J connectivity index is 2.16. The highest BCUT2D eigenvalue weighted by Gasteiger charge is 2.55. The molecule has 0 radical (unpaired) electrons. The fraction of sp³-hybridized carbons (Fsp3) is 1.00. The molecule has 1 atom stereocenters. The quantitative estimate of drug-likeness (QED) is 0.632. The first kappa shape index (κ1) is 10.4. The molecule has 0 aromatic heterocycles. The summed E-state index contributed by atoms with van der Waals surface area (Å²) < 4.78 is 23.1. The molecule has 0 bridgehead atoms. The van der Waals surface area contributed by atoms with Gasteiger partial charge >= 0.3 is 0 Å². The molecule has 1 spiro atoms. The fourth-order valence-electron chi connectivity index (χ4n) is 2.77. The number of nitrogens with two attached hydrogens (primary N) is 1. The molecule has 14 heavy (non-hydrogen) atoms. The van der Waals surface area contributed by atoms with E-state index in [0.717, 1.165) is 0 Å². The first-order valence-electron chi connectivity index (χ1n) is 5.08. The number of hydrogen-bond acceptors (Lipinski definition) is 4. The van der Waals surface area contributed by atoms with Crippen molar-refractivity contribution in [3.63, 3.8) is 0 Å². The van der Waals surface area contributed by atoms with Crippen molar-refractivity contribution in [2.24, 2.45) is 11.7 Å². The number of aliphatic hydroxyl groups is 1. The predicted octanol–water partition coefficient (Wildman–Crippen LogP) is -0.337. The van der Waals surface area contributed by atoms with Crippen molar-refractivity contribution >= 4 is 9.84 Å². The van der Waals surface area contributed by atoms with Gasteiger partial charge in [0.05, 0.1) is 10.5 Å². The minimum absolute atomic E-state index is 0.0261. The van der Waals surface area contributed by atoms with Gasteiger partial charge in [0, 0.05) is 12.6 Å². The molecule has 1 aliphatic carbocycles. The van der Waals surface area contributed by atoms with Gasteiger partial charge in [0.1, 0.15) is 0 Å². The molecule has 1 unspecified atom stereocenters. The van der Waals surface area contributed by atoms with Gasteiger partial charge in [-0.15, -0.1) is 0 Å². The molecule has 0 amide bonds. The normalized spacial score (nSPS) is 46.1. The maximum absolute atomic E-state index is 11.9. The average Bonchev–Trinajstić information content (AvgIpc) is 2.05. The standard InChI is InChI=1S/C9H17NO3S/c10-8-1-2-14(12,13)9(5-8)3-7(4-9)6-11/h7-8,11H,1-6,10H2. The minimum Gasteiger partial charge on any atom is -0.396 e. The van der Waals surface area contributed by atoms with Crippen molar-refractivity contribution < 1.29 is 13.5 Å². The molecule has 0 aromatic rings. The topological polar surface area (TPSA) is 80.4 Å². The molecule has 1 aliphatic heterocycles. The van der Waals surface area contributed by atoms with E-state index in [2.05, 4.69) is 0 Å². The highest BCUT2D eigenvalue weighted by atomic mass is 32.2. The second kappa shape index (κ2) is 3.18. The van der Waals surface area contributed by atoms with Gasteiger partial charge in [0.25, 0.3) is 0 Å². The molecule has 1 heterocycles. The SMILES string of the molecule is NC1CCS(=O)(=O)C2(C1)CC(CO)C2. The van der Waals surface area contributed by atoms with Crippen LogP contribution in [0.25, 0.3) is 0 Å². The van der Waals surface area contributed by atoms with Gasteiger partial charge in [0.15, 0.2) is 9.84 Å². The maximum Gasteiger partial charge on any atom is 0.156 e.